The van der Waals surface area contributed by atoms with Gasteiger partial charge in [0.15, 0.2) is 0 Å². The number of amides is 1. The molecule has 1 aliphatic heterocycles. The highest BCUT2D eigenvalue weighted by Crippen LogP contribution is 2.28. The number of hydrogen-bond acceptors (Lipinski definition) is 3. The summed E-state index contributed by atoms with van der Waals surface area (Å²) < 4.78 is 11.9. The van der Waals surface area contributed by atoms with Crippen molar-refractivity contribution < 1.29 is 9.00 Å². The summed E-state index contributed by atoms with van der Waals surface area (Å²) in [5.74, 6) is 0.597. The van der Waals surface area contributed by atoms with Crippen LogP contribution in [0.2, 0.25) is 0 Å². The minimum atomic E-state index is -0.982. The first-order valence-corrected chi connectivity index (χ1v) is 8.26. The van der Waals surface area contributed by atoms with Crippen LogP contribution in [0.15, 0.2) is 46.7 Å². The van der Waals surface area contributed by atoms with Crippen LogP contribution in [0.1, 0.15) is 4.88 Å². The highest BCUT2D eigenvalue weighted by Gasteiger charge is 2.26. The lowest BCUT2D eigenvalue weighted by molar-refractivity contribution is -0.117. The van der Waals surface area contributed by atoms with Gasteiger partial charge in [0.05, 0.1) is 27.8 Å². The summed E-state index contributed by atoms with van der Waals surface area (Å²) in [6.07, 6.45) is 0.415. The molecule has 2 aromatic rings. The summed E-state index contributed by atoms with van der Waals surface area (Å²) in [6.45, 7) is 0.536. The highest BCUT2D eigenvalue weighted by atomic mass is 32.2. The zero-order chi connectivity index (χ0) is 13.2. The second-order valence-electron chi connectivity index (χ2n) is 4.32. The molecule has 0 bridgehead atoms. The Morgan fingerprint density at radius 1 is 1.26 bits per heavy atom. The minimum absolute atomic E-state index is 0.0756. The lowest BCUT2D eigenvalue weighted by Crippen LogP contribution is -2.39. The summed E-state index contributed by atoms with van der Waals surface area (Å²) in [5, 5.41) is 1.97. The van der Waals surface area contributed by atoms with Crippen molar-refractivity contribution in [3.05, 3.63) is 46.7 Å². The molecule has 3 nitrogen and oxygen atoms in total. The van der Waals surface area contributed by atoms with Crippen molar-refractivity contribution in [1.82, 2.24) is 0 Å². The van der Waals surface area contributed by atoms with Gasteiger partial charge in [-0.25, -0.2) is 0 Å². The molecule has 0 fully saturated rings. The molecule has 0 N–H and O–H groups in total. The molecule has 1 aromatic carbocycles. The molecule has 98 valence electrons. The summed E-state index contributed by atoms with van der Waals surface area (Å²) in [6, 6.07) is 11.4. The molecule has 1 unspecified atom stereocenters. The fourth-order valence-corrected chi connectivity index (χ4v) is 4.10. The van der Waals surface area contributed by atoms with E-state index in [-0.39, 0.29) is 5.91 Å². The van der Waals surface area contributed by atoms with Gasteiger partial charge in [0.1, 0.15) is 0 Å². The van der Waals surface area contributed by atoms with Crippen LogP contribution in [0.25, 0.3) is 0 Å². The Morgan fingerprint density at radius 2 is 2.11 bits per heavy atom. The summed E-state index contributed by atoms with van der Waals surface area (Å²) in [7, 11) is -0.982. The van der Waals surface area contributed by atoms with Gasteiger partial charge in [-0.1, -0.05) is 18.2 Å². The summed E-state index contributed by atoms with van der Waals surface area (Å²) in [5.41, 5.74) is 0.800. The monoisotopic (exact) mass is 291 g/mol. The van der Waals surface area contributed by atoms with Crippen molar-refractivity contribution in [1.29, 1.82) is 0 Å². The molecule has 1 amide bonds. The van der Waals surface area contributed by atoms with E-state index in [2.05, 4.69) is 0 Å². The largest absolute Gasteiger partial charge is 0.310 e. The van der Waals surface area contributed by atoms with Crippen molar-refractivity contribution in [3.63, 3.8) is 0 Å². The molecule has 1 aliphatic rings. The van der Waals surface area contributed by atoms with E-state index in [0.29, 0.717) is 18.7 Å². The fourth-order valence-electron chi connectivity index (χ4n) is 2.19. The van der Waals surface area contributed by atoms with Crippen molar-refractivity contribution in [3.8, 4) is 0 Å². The molecule has 0 radical (unpaired) electrons. The van der Waals surface area contributed by atoms with Gasteiger partial charge in [-0.2, -0.15) is 0 Å². The van der Waals surface area contributed by atoms with Crippen LogP contribution >= 0.6 is 11.3 Å². The maximum atomic E-state index is 12.4. The first-order chi connectivity index (χ1) is 9.25. The van der Waals surface area contributed by atoms with E-state index in [0.717, 1.165) is 15.5 Å². The molecule has 3 rings (SSSR count). The Labute approximate surface area is 118 Å². The molecule has 19 heavy (non-hydrogen) atoms. The highest BCUT2D eigenvalue weighted by molar-refractivity contribution is 7.85. The first-order valence-electron chi connectivity index (χ1n) is 6.06. The number of hydrogen-bond donors (Lipinski definition) is 0. The number of thiophene rings is 1. The minimum Gasteiger partial charge on any atom is -0.310 e. The van der Waals surface area contributed by atoms with E-state index in [9.17, 15) is 9.00 Å². The lowest BCUT2D eigenvalue weighted by atomic mass is 10.2. The number of rotatable bonds is 2. The number of carbonyl (C=O) groups excluding carboxylic acids is 1. The number of para-hydroxylation sites is 1. The number of benzene rings is 1. The molecule has 0 aliphatic carbocycles. The second-order valence-corrected chi connectivity index (χ2v) is 6.89. The molecule has 0 saturated heterocycles. The lowest BCUT2D eigenvalue weighted by Gasteiger charge is -2.28. The van der Waals surface area contributed by atoms with E-state index in [1.165, 1.54) is 0 Å². The van der Waals surface area contributed by atoms with E-state index >= 15 is 0 Å². The summed E-state index contributed by atoms with van der Waals surface area (Å²) in [4.78, 5) is 16.0. The van der Waals surface area contributed by atoms with Crippen LogP contribution in [0, 0.1) is 0 Å². The maximum Gasteiger partial charge on any atom is 0.232 e. The predicted octanol–water partition coefficient (Wildman–Crippen LogP) is 2.45. The van der Waals surface area contributed by atoms with Gasteiger partial charge < -0.3 is 4.90 Å². The van der Waals surface area contributed by atoms with Crippen molar-refractivity contribution >= 4 is 33.7 Å². The molecule has 5 heteroatoms. The number of fused-ring (bicyclic) bond motifs is 1. The van der Waals surface area contributed by atoms with E-state index in [1.54, 1.807) is 16.2 Å². The van der Waals surface area contributed by atoms with Crippen LogP contribution in [-0.4, -0.2) is 22.4 Å². The Hall–Kier alpha value is -1.46. The van der Waals surface area contributed by atoms with Gasteiger partial charge in [-0.15, -0.1) is 11.3 Å². The molecule has 0 saturated carbocycles. The SMILES string of the molecule is O=C(Cc1cccs1)N1CCS(=O)c2ccccc21. The zero-order valence-corrected chi connectivity index (χ0v) is 11.9. The number of anilines is 1. The standard InChI is InChI=1S/C14H13NO2S2/c16-14(10-11-4-3-8-18-11)15-7-9-19(17)13-6-2-1-5-12(13)15/h1-6,8H,7,9-10H2. The third-order valence-electron chi connectivity index (χ3n) is 3.11. The first kappa shape index (κ1) is 12.6. The van der Waals surface area contributed by atoms with Gasteiger partial charge in [-0.05, 0) is 23.6 Å². The number of carbonyl (C=O) groups is 1. The van der Waals surface area contributed by atoms with Crippen LogP contribution in [0.4, 0.5) is 5.69 Å². The average molecular weight is 291 g/mol. The van der Waals surface area contributed by atoms with E-state index < -0.39 is 10.8 Å². The van der Waals surface area contributed by atoms with Crippen LogP contribution < -0.4 is 4.90 Å². The number of nitrogens with zero attached hydrogens (tertiary/aromatic N) is 1. The Kier molecular flexibility index (Phi) is 3.48. The van der Waals surface area contributed by atoms with Crippen molar-refractivity contribution in [2.45, 2.75) is 11.3 Å². The molecule has 0 spiro atoms. The smallest absolute Gasteiger partial charge is 0.232 e. The predicted molar refractivity (Wildman–Crippen MR) is 78.1 cm³/mol. The molecule has 1 aromatic heterocycles. The second kappa shape index (κ2) is 5.27. The molecule has 1 atom stereocenters. The van der Waals surface area contributed by atoms with Crippen LogP contribution in [0.3, 0.4) is 0 Å². The van der Waals surface area contributed by atoms with Gasteiger partial charge in [0.25, 0.3) is 0 Å². The van der Waals surface area contributed by atoms with Crippen molar-refractivity contribution in [2.75, 3.05) is 17.2 Å². The third-order valence-corrected chi connectivity index (χ3v) is 5.37. The normalized spacial score (nSPS) is 18.1. The van der Waals surface area contributed by atoms with Gasteiger partial charge in [0.2, 0.25) is 5.91 Å². The zero-order valence-electron chi connectivity index (χ0n) is 10.2. The molecule has 2 heterocycles. The molecular weight excluding hydrogens is 278 g/mol. The Balaban J connectivity index is 1.88. The van der Waals surface area contributed by atoms with Crippen LogP contribution in [-0.2, 0) is 22.0 Å². The average Bonchev–Trinajstić information content (AvgIpc) is 2.92. The van der Waals surface area contributed by atoms with Crippen molar-refractivity contribution in [2.24, 2.45) is 0 Å². The third kappa shape index (κ3) is 2.48. The Morgan fingerprint density at radius 3 is 2.89 bits per heavy atom. The fraction of sp³-hybridized carbons (Fsp3) is 0.214. The molecular formula is C14H13NO2S2. The quantitative estimate of drug-likeness (QED) is 0.852. The van der Waals surface area contributed by atoms with E-state index in [4.69, 9.17) is 0 Å². The van der Waals surface area contributed by atoms with Gasteiger partial charge in [-0.3, -0.25) is 9.00 Å². The Bertz CT molecular complexity index is 622. The summed E-state index contributed by atoms with van der Waals surface area (Å²) >= 11 is 1.59. The van der Waals surface area contributed by atoms with Crippen LogP contribution in [0.5, 0.6) is 0 Å². The van der Waals surface area contributed by atoms with Gasteiger partial charge in [0, 0.05) is 17.2 Å². The maximum absolute atomic E-state index is 12.4. The van der Waals surface area contributed by atoms with Gasteiger partial charge >= 0.3 is 0 Å². The van der Waals surface area contributed by atoms with E-state index in [1.807, 2.05) is 41.8 Å². The topological polar surface area (TPSA) is 37.4 Å².